The van der Waals surface area contributed by atoms with Crippen LogP contribution < -0.4 is 4.90 Å². The van der Waals surface area contributed by atoms with E-state index in [2.05, 4.69) is 252 Å². The Morgan fingerprint density at radius 3 is 1.43 bits per heavy atom. The Bertz CT molecular complexity index is 3260. The highest BCUT2D eigenvalue weighted by Crippen LogP contribution is 2.40. The minimum absolute atomic E-state index is 1.09. The van der Waals surface area contributed by atoms with Crippen LogP contribution in [0.15, 0.2) is 243 Å². The van der Waals surface area contributed by atoms with E-state index in [0.29, 0.717) is 0 Å². The molecule has 2 nitrogen and oxygen atoms in total. The number of aromatic nitrogens is 1. The van der Waals surface area contributed by atoms with E-state index in [9.17, 15) is 0 Å². The molecule has 0 bridgehead atoms. The maximum Gasteiger partial charge on any atom is 0.0541 e. The van der Waals surface area contributed by atoms with Gasteiger partial charge >= 0.3 is 0 Å². The van der Waals surface area contributed by atoms with E-state index in [0.717, 1.165) is 33.9 Å². The van der Waals surface area contributed by atoms with Gasteiger partial charge in [0.2, 0.25) is 0 Å². The van der Waals surface area contributed by atoms with Gasteiger partial charge in [0, 0.05) is 33.5 Å². The average molecular weight is 765 g/mol. The second-order valence-corrected chi connectivity index (χ2v) is 15.4. The summed E-state index contributed by atoms with van der Waals surface area (Å²) in [6, 6.07) is 87.9. The van der Waals surface area contributed by atoms with Gasteiger partial charge in [-0.15, -0.1) is 0 Å². The van der Waals surface area contributed by atoms with Crippen LogP contribution >= 0.6 is 0 Å². The summed E-state index contributed by atoms with van der Waals surface area (Å²) < 4.78 is 2.39. The Labute approximate surface area is 350 Å². The van der Waals surface area contributed by atoms with Crippen molar-refractivity contribution in [2.24, 2.45) is 0 Å². The minimum Gasteiger partial charge on any atom is -0.310 e. The second-order valence-electron chi connectivity index (χ2n) is 15.4. The standard InChI is InChI=1S/C58H40N2/c1-2-15-41(16-3-1)45-20-11-24-50(38-45)59(49-35-33-42(34-36-49)44-19-10-23-48(37-44)54-30-14-18-43-17-4-5-27-53(43)54)51-25-12-21-46(39-51)47-22-13-26-52(40-47)60-57-31-8-6-28-55(57)56-29-7-9-32-58(56)60/h1-40H. The third kappa shape index (κ3) is 6.41. The van der Waals surface area contributed by atoms with Crippen LogP contribution in [0.2, 0.25) is 0 Å². The zero-order chi connectivity index (χ0) is 39.8. The fourth-order valence-electron chi connectivity index (χ4n) is 8.90. The number of hydrogen-bond donors (Lipinski definition) is 0. The molecule has 0 fully saturated rings. The van der Waals surface area contributed by atoms with Crippen LogP contribution in [0.5, 0.6) is 0 Å². The van der Waals surface area contributed by atoms with Crippen molar-refractivity contribution in [3.63, 3.8) is 0 Å². The van der Waals surface area contributed by atoms with Crippen molar-refractivity contribution in [1.29, 1.82) is 0 Å². The van der Waals surface area contributed by atoms with Gasteiger partial charge in [-0.1, -0.05) is 176 Å². The molecule has 282 valence electrons. The summed E-state index contributed by atoms with van der Waals surface area (Å²) >= 11 is 0. The van der Waals surface area contributed by atoms with Gasteiger partial charge in [0.1, 0.15) is 0 Å². The maximum atomic E-state index is 2.39. The lowest BCUT2D eigenvalue weighted by molar-refractivity contribution is 1.18. The summed E-state index contributed by atoms with van der Waals surface area (Å²) in [5.41, 5.74) is 16.3. The first-order valence-corrected chi connectivity index (χ1v) is 20.6. The number of rotatable bonds is 8. The first-order chi connectivity index (χ1) is 29.7. The van der Waals surface area contributed by atoms with Crippen molar-refractivity contribution in [3.05, 3.63) is 243 Å². The molecule has 0 spiro atoms. The molecule has 0 atom stereocenters. The lowest BCUT2D eigenvalue weighted by atomic mass is 9.95. The highest BCUT2D eigenvalue weighted by molar-refractivity contribution is 6.09. The van der Waals surface area contributed by atoms with Crippen molar-refractivity contribution >= 4 is 49.6 Å². The van der Waals surface area contributed by atoms with Gasteiger partial charge in [-0.2, -0.15) is 0 Å². The topological polar surface area (TPSA) is 8.17 Å². The number of fused-ring (bicyclic) bond motifs is 4. The Hall–Kier alpha value is -7.94. The largest absolute Gasteiger partial charge is 0.310 e. The molecular formula is C58H40N2. The molecule has 0 N–H and O–H groups in total. The average Bonchev–Trinajstić information content (AvgIpc) is 3.67. The van der Waals surface area contributed by atoms with Crippen LogP contribution in [-0.4, -0.2) is 4.57 Å². The number of anilines is 3. The van der Waals surface area contributed by atoms with Crippen molar-refractivity contribution in [2.45, 2.75) is 0 Å². The molecule has 11 rings (SSSR count). The highest BCUT2D eigenvalue weighted by atomic mass is 15.1. The molecule has 11 aromatic rings. The van der Waals surface area contributed by atoms with E-state index in [4.69, 9.17) is 0 Å². The maximum absolute atomic E-state index is 2.39. The molecule has 2 heteroatoms. The molecule has 0 saturated carbocycles. The van der Waals surface area contributed by atoms with Crippen molar-refractivity contribution < 1.29 is 0 Å². The minimum atomic E-state index is 1.09. The van der Waals surface area contributed by atoms with E-state index in [1.54, 1.807) is 0 Å². The van der Waals surface area contributed by atoms with Crippen LogP contribution in [0.3, 0.4) is 0 Å². The number of hydrogen-bond acceptors (Lipinski definition) is 1. The monoisotopic (exact) mass is 764 g/mol. The summed E-state index contributed by atoms with van der Waals surface area (Å²) in [6.45, 7) is 0. The first kappa shape index (κ1) is 35.2. The fourth-order valence-corrected chi connectivity index (χ4v) is 8.90. The molecule has 0 amide bonds. The molecule has 10 aromatic carbocycles. The predicted octanol–water partition coefficient (Wildman–Crippen LogP) is 16.1. The Morgan fingerprint density at radius 1 is 0.267 bits per heavy atom. The lowest BCUT2D eigenvalue weighted by Crippen LogP contribution is -2.10. The third-order valence-corrected chi connectivity index (χ3v) is 11.8. The molecule has 60 heavy (non-hydrogen) atoms. The van der Waals surface area contributed by atoms with Gasteiger partial charge in [-0.25, -0.2) is 0 Å². The highest BCUT2D eigenvalue weighted by Gasteiger charge is 2.17. The molecule has 0 radical (unpaired) electrons. The zero-order valence-electron chi connectivity index (χ0n) is 33.0. The molecular weight excluding hydrogens is 725 g/mol. The fraction of sp³-hybridized carbons (Fsp3) is 0. The van der Waals surface area contributed by atoms with E-state index < -0.39 is 0 Å². The lowest BCUT2D eigenvalue weighted by Gasteiger charge is -2.27. The zero-order valence-corrected chi connectivity index (χ0v) is 33.0. The molecule has 1 heterocycles. The molecule has 0 aliphatic heterocycles. The third-order valence-electron chi connectivity index (χ3n) is 11.8. The van der Waals surface area contributed by atoms with E-state index in [1.165, 1.54) is 66.0 Å². The van der Waals surface area contributed by atoms with Crippen LogP contribution in [0.25, 0.3) is 82.8 Å². The van der Waals surface area contributed by atoms with Crippen LogP contribution in [0.4, 0.5) is 17.1 Å². The smallest absolute Gasteiger partial charge is 0.0541 e. The molecule has 0 aliphatic carbocycles. The summed E-state index contributed by atoms with van der Waals surface area (Å²) in [4.78, 5) is 2.38. The van der Waals surface area contributed by atoms with E-state index in [1.807, 2.05) is 0 Å². The second kappa shape index (κ2) is 15.1. The van der Waals surface area contributed by atoms with Gasteiger partial charge < -0.3 is 9.47 Å². The Morgan fingerprint density at radius 2 is 0.733 bits per heavy atom. The van der Waals surface area contributed by atoms with E-state index >= 15 is 0 Å². The van der Waals surface area contributed by atoms with Gasteiger partial charge in [0.25, 0.3) is 0 Å². The molecule has 0 unspecified atom stereocenters. The summed E-state index contributed by atoms with van der Waals surface area (Å²) in [7, 11) is 0. The predicted molar refractivity (Wildman–Crippen MR) is 255 cm³/mol. The van der Waals surface area contributed by atoms with Crippen molar-refractivity contribution in [2.75, 3.05) is 4.90 Å². The van der Waals surface area contributed by atoms with Gasteiger partial charge in [-0.3, -0.25) is 0 Å². The van der Waals surface area contributed by atoms with Crippen LogP contribution in [-0.2, 0) is 0 Å². The Balaban J connectivity index is 0.996. The molecule has 0 saturated heterocycles. The number of para-hydroxylation sites is 2. The summed E-state index contributed by atoms with van der Waals surface area (Å²) in [5, 5.41) is 5.04. The number of nitrogens with zero attached hydrogens (tertiary/aromatic N) is 2. The van der Waals surface area contributed by atoms with Crippen molar-refractivity contribution in [1.82, 2.24) is 4.57 Å². The molecule has 0 aliphatic rings. The van der Waals surface area contributed by atoms with Gasteiger partial charge in [0.05, 0.1) is 11.0 Å². The molecule has 1 aromatic heterocycles. The normalized spacial score (nSPS) is 11.3. The first-order valence-electron chi connectivity index (χ1n) is 20.6. The van der Waals surface area contributed by atoms with Crippen LogP contribution in [0, 0.1) is 0 Å². The van der Waals surface area contributed by atoms with Crippen molar-refractivity contribution in [3.8, 4) is 50.2 Å². The van der Waals surface area contributed by atoms with E-state index in [-0.39, 0.29) is 0 Å². The summed E-state index contributed by atoms with van der Waals surface area (Å²) in [5.74, 6) is 0. The SMILES string of the molecule is c1ccc(-c2cccc(N(c3ccc(-c4cccc(-c5cccc6ccccc56)c4)cc3)c3cccc(-c4cccc(-n5c6ccccc6c6ccccc65)c4)c3)c2)cc1. The Kier molecular flexibility index (Phi) is 8.87. The van der Waals surface area contributed by atoms with Gasteiger partial charge in [-0.05, 0) is 122 Å². The van der Waals surface area contributed by atoms with Crippen LogP contribution in [0.1, 0.15) is 0 Å². The quantitative estimate of drug-likeness (QED) is 0.150. The van der Waals surface area contributed by atoms with Gasteiger partial charge in [0.15, 0.2) is 0 Å². The summed E-state index contributed by atoms with van der Waals surface area (Å²) in [6.07, 6.45) is 0. The number of benzene rings is 10.